The van der Waals surface area contributed by atoms with Crippen molar-refractivity contribution in [1.82, 2.24) is 10.6 Å². The Labute approximate surface area is 99.1 Å². The summed E-state index contributed by atoms with van der Waals surface area (Å²) in [5.74, 6) is 3.37. The molecule has 0 aromatic rings. The molecule has 0 amide bonds. The number of nitrogens with one attached hydrogen (secondary N) is 2. The average molecular weight is 221 g/mol. The zero-order chi connectivity index (χ0) is 11.9. The van der Waals surface area contributed by atoms with Gasteiger partial charge in [0, 0.05) is 13.6 Å². The standard InChI is InChI=1S/C13H23N3/c1-4-10-15-12(14-3)16-11-13(5-2)8-6-7-9-13/h1H,5-11H2,2-3H3,(H2,14,15,16). The molecule has 0 heterocycles. The lowest BCUT2D eigenvalue weighted by Crippen LogP contribution is -2.42. The third-order valence-electron chi connectivity index (χ3n) is 3.63. The molecule has 0 atom stereocenters. The third-order valence-corrected chi connectivity index (χ3v) is 3.63. The highest BCUT2D eigenvalue weighted by molar-refractivity contribution is 5.79. The van der Waals surface area contributed by atoms with E-state index in [1.807, 2.05) is 0 Å². The molecule has 0 aromatic carbocycles. The molecular weight excluding hydrogens is 198 g/mol. The molecule has 1 aliphatic rings. The maximum atomic E-state index is 5.21. The van der Waals surface area contributed by atoms with Crippen LogP contribution in [0.2, 0.25) is 0 Å². The van der Waals surface area contributed by atoms with Gasteiger partial charge in [-0.1, -0.05) is 25.7 Å². The number of hydrogen-bond acceptors (Lipinski definition) is 1. The summed E-state index contributed by atoms with van der Waals surface area (Å²) in [5.41, 5.74) is 0.480. The van der Waals surface area contributed by atoms with Crippen molar-refractivity contribution in [2.75, 3.05) is 20.1 Å². The summed E-state index contributed by atoms with van der Waals surface area (Å²) in [4.78, 5) is 4.15. The molecular formula is C13H23N3. The van der Waals surface area contributed by atoms with E-state index < -0.39 is 0 Å². The number of guanidine groups is 1. The van der Waals surface area contributed by atoms with Gasteiger partial charge < -0.3 is 10.6 Å². The summed E-state index contributed by atoms with van der Waals surface area (Å²) in [6.45, 7) is 3.82. The van der Waals surface area contributed by atoms with Crippen LogP contribution in [-0.2, 0) is 0 Å². The van der Waals surface area contributed by atoms with Crippen LogP contribution in [0.4, 0.5) is 0 Å². The van der Waals surface area contributed by atoms with E-state index in [1.54, 1.807) is 7.05 Å². The maximum Gasteiger partial charge on any atom is 0.191 e. The first-order valence-electron chi connectivity index (χ1n) is 6.14. The molecule has 0 aliphatic heterocycles. The van der Waals surface area contributed by atoms with Crippen LogP contribution < -0.4 is 10.6 Å². The van der Waals surface area contributed by atoms with Crippen LogP contribution in [-0.4, -0.2) is 26.1 Å². The zero-order valence-corrected chi connectivity index (χ0v) is 10.5. The fraction of sp³-hybridized carbons (Fsp3) is 0.769. The second-order valence-corrected chi connectivity index (χ2v) is 4.54. The Morgan fingerprint density at radius 3 is 2.56 bits per heavy atom. The Balaban J connectivity index is 2.39. The van der Waals surface area contributed by atoms with Gasteiger partial charge in [0.2, 0.25) is 0 Å². The van der Waals surface area contributed by atoms with Gasteiger partial charge >= 0.3 is 0 Å². The van der Waals surface area contributed by atoms with Crippen molar-refractivity contribution in [3.63, 3.8) is 0 Å². The van der Waals surface area contributed by atoms with Crippen molar-refractivity contribution in [2.24, 2.45) is 10.4 Å². The monoisotopic (exact) mass is 221 g/mol. The van der Waals surface area contributed by atoms with Crippen molar-refractivity contribution in [3.05, 3.63) is 0 Å². The molecule has 1 rings (SSSR count). The summed E-state index contributed by atoms with van der Waals surface area (Å²) < 4.78 is 0. The minimum atomic E-state index is 0.480. The summed E-state index contributed by atoms with van der Waals surface area (Å²) >= 11 is 0. The smallest absolute Gasteiger partial charge is 0.191 e. The lowest BCUT2D eigenvalue weighted by molar-refractivity contribution is 0.283. The average Bonchev–Trinajstić information content (AvgIpc) is 2.79. The summed E-state index contributed by atoms with van der Waals surface area (Å²) in [6.07, 6.45) is 11.9. The van der Waals surface area contributed by atoms with Gasteiger partial charge in [0.1, 0.15) is 0 Å². The van der Waals surface area contributed by atoms with Crippen molar-refractivity contribution >= 4 is 5.96 Å². The van der Waals surface area contributed by atoms with E-state index in [4.69, 9.17) is 6.42 Å². The largest absolute Gasteiger partial charge is 0.356 e. The van der Waals surface area contributed by atoms with E-state index in [-0.39, 0.29) is 0 Å². The number of aliphatic imine (C=N–C) groups is 1. The highest BCUT2D eigenvalue weighted by Gasteiger charge is 2.31. The molecule has 1 saturated carbocycles. The lowest BCUT2D eigenvalue weighted by Gasteiger charge is -2.28. The molecule has 0 radical (unpaired) electrons. The number of nitrogens with zero attached hydrogens (tertiary/aromatic N) is 1. The van der Waals surface area contributed by atoms with E-state index in [0.29, 0.717) is 12.0 Å². The number of terminal acetylenes is 1. The first kappa shape index (κ1) is 12.9. The van der Waals surface area contributed by atoms with Crippen molar-refractivity contribution < 1.29 is 0 Å². The second kappa shape index (κ2) is 6.42. The molecule has 16 heavy (non-hydrogen) atoms. The maximum absolute atomic E-state index is 5.21. The zero-order valence-electron chi connectivity index (χ0n) is 10.5. The summed E-state index contributed by atoms with van der Waals surface area (Å²) in [7, 11) is 1.78. The normalized spacial score (nSPS) is 19.2. The van der Waals surface area contributed by atoms with E-state index in [1.165, 1.54) is 32.1 Å². The summed E-state index contributed by atoms with van der Waals surface area (Å²) in [6, 6.07) is 0. The van der Waals surface area contributed by atoms with Gasteiger partial charge in [0.25, 0.3) is 0 Å². The highest BCUT2D eigenvalue weighted by atomic mass is 15.2. The molecule has 0 spiro atoms. The second-order valence-electron chi connectivity index (χ2n) is 4.54. The van der Waals surface area contributed by atoms with Gasteiger partial charge in [-0.2, -0.15) is 0 Å². The van der Waals surface area contributed by atoms with Crippen LogP contribution in [0.15, 0.2) is 4.99 Å². The van der Waals surface area contributed by atoms with Gasteiger partial charge in [-0.05, 0) is 24.7 Å². The minimum absolute atomic E-state index is 0.480. The van der Waals surface area contributed by atoms with E-state index in [2.05, 4.69) is 28.5 Å². The Morgan fingerprint density at radius 2 is 2.06 bits per heavy atom. The van der Waals surface area contributed by atoms with Crippen LogP contribution in [0, 0.1) is 17.8 Å². The molecule has 0 bridgehead atoms. The van der Waals surface area contributed by atoms with Crippen molar-refractivity contribution in [2.45, 2.75) is 39.0 Å². The minimum Gasteiger partial charge on any atom is -0.356 e. The molecule has 3 nitrogen and oxygen atoms in total. The van der Waals surface area contributed by atoms with Crippen molar-refractivity contribution in [1.29, 1.82) is 0 Å². The van der Waals surface area contributed by atoms with Gasteiger partial charge in [0.05, 0.1) is 6.54 Å². The van der Waals surface area contributed by atoms with Crippen LogP contribution in [0.5, 0.6) is 0 Å². The Morgan fingerprint density at radius 1 is 1.38 bits per heavy atom. The first-order chi connectivity index (χ1) is 7.76. The number of hydrogen-bond donors (Lipinski definition) is 2. The van der Waals surface area contributed by atoms with E-state index in [9.17, 15) is 0 Å². The van der Waals surface area contributed by atoms with Crippen LogP contribution in [0.3, 0.4) is 0 Å². The van der Waals surface area contributed by atoms with Gasteiger partial charge in [0.15, 0.2) is 5.96 Å². The molecule has 0 unspecified atom stereocenters. The van der Waals surface area contributed by atoms with Crippen LogP contribution >= 0.6 is 0 Å². The Bertz CT molecular complexity index is 269. The van der Waals surface area contributed by atoms with Gasteiger partial charge in [-0.25, -0.2) is 0 Å². The molecule has 0 aromatic heterocycles. The first-order valence-corrected chi connectivity index (χ1v) is 6.14. The molecule has 90 valence electrons. The topological polar surface area (TPSA) is 36.4 Å². The van der Waals surface area contributed by atoms with Crippen molar-refractivity contribution in [3.8, 4) is 12.3 Å². The molecule has 2 N–H and O–H groups in total. The number of rotatable bonds is 4. The Hall–Kier alpha value is -1.17. The third kappa shape index (κ3) is 3.44. The SMILES string of the molecule is C#CCNC(=NC)NCC1(CC)CCCC1. The lowest BCUT2D eigenvalue weighted by atomic mass is 9.83. The molecule has 1 fully saturated rings. The fourth-order valence-corrected chi connectivity index (χ4v) is 2.41. The molecule has 1 aliphatic carbocycles. The fourth-order valence-electron chi connectivity index (χ4n) is 2.41. The quantitative estimate of drug-likeness (QED) is 0.431. The molecule has 3 heteroatoms. The van der Waals surface area contributed by atoms with E-state index in [0.717, 1.165) is 12.5 Å². The van der Waals surface area contributed by atoms with Gasteiger partial charge in [-0.15, -0.1) is 6.42 Å². The predicted octanol–water partition coefficient (Wildman–Crippen LogP) is 1.75. The molecule has 0 saturated heterocycles. The van der Waals surface area contributed by atoms with E-state index >= 15 is 0 Å². The summed E-state index contributed by atoms with van der Waals surface area (Å²) in [5, 5.41) is 6.47. The Kier molecular flexibility index (Phi) is 5.18. The van der Waals surface area contributed by atoms with Gasteiger partial charge in [-0.3, -0.25) is 4.99 Å². The van der Waals surface area contributed by atoms with Crippen LogP contribution in [0.25, 0.3) is 0 Å². The predicted molar refractivity (Wildman–Crippen MR) is 69.4 cm³/mol. The van der Waals surface area contributed by atoms with Crippen LogP contribution in [0.1, 0.15) is 39.0 Å². The highest BCUT2D eigenvalue weighted by Crippen LogP contribution is 2.40.